The Morgan fingerprint density at radius 2 is 1.87 bits per heavy atom. The van der Waals surface area contributed by atoms with E-state index in [0.29, 0.717) is 54.3 Å². The zero-order valence-corrected chi connectivity index (χ0v) is 32.7. The van der Waals surface area contributed by atoms with Crippen molar-refractivity contribution in [1.29, 1.82) is 0 Å². The standard InChI is InChI=1S/C37H46ClFN6O8S/c1-22-30(43-12-11-42(4)23(16-43)18-51-5)15-28(38)32-24-7-10-44(17-27(24)36(48)53-33(22)32)35(47)25-14-31(41(2)3)26(13-29(25)39)34(46)40-54(49,50)45-9-6-8-37(19-45)20-52-21-37/h13-15,23H,6-12,16-21H2,1-5H3,(H,40,46)/t23-/m1/s1. The van der Waals surface area contributed by atoms with E-state index >= 15 is 4.39 Å². The van der Waals surface area contributed by atoms with Crippen LogP contribution in [0.1, 0.15) is 50.2 Å². The Morgan fingerprint density at radius 3 is 2.56 bits per heavy atom. The second kappa shape index (κ2) is 14.7. The molecule has 2 aromatic carbocycles. The number of carbonyl (C=O) groups is 2. The van der Waals surface area contributed by atoms with Crippen molar-refractivity contribution in [3.63, 3.8) is 0 Å². The van der Waals surface area contributed by atoms with E-state index < -0.39 is 33.5 Å². The van der Waals surface area contributed by atoms with Crippen molar-refractivity contribution in [1.82, 2.24) is 18.8 Å². The Hall–Kier alpha value is -3.80. The molecular weight excluding hydrogens is 743 g/mol. The number of nitrogens with zero attached hydrogens (tertiary/aromatic N) is 5. The summed E-state index contributed by atoms with van der Waals surface area (Å²) in [4.78, 5) is 48.2. The second-order valence-corrected chi connectivity index (χ2v) is 17.3. The number of piperazine rings is 1. The molecule has 3 aromatic rings. The van der Waals surface area contributed by atoms with Crippen LogP contribution in [0.25, 0.3) is 11.0 Å². The number of likely N-dealkylation sites (N-methyl/N-ethyl adjacent to an activating group) is 1. The predicted molar refractivity (Wildman–Crippen MR) is 202 cm³/mol. The van der Waals surface area contributed by atoms with E-state index in [9.17, 15) is 22.8 Å². The molecule has 1 spiro atoms. The van der Waals surface area contributed by atoms with Crippen LogP contribution < -0.4 is 20.1 Å². The number of ether oxygens (including phenoxy) is 2. The number of carbonyl (C=O) groups excluding carboxylic acids is 2. The van der Waals surface area contributed by atoms with Crippen LogP contribution in [0.2, 0.25) is 5.02 Å². The Kier molecular flexibility index (Phi) is 10.5. The first-order chi connectivity index (χ1) is 25.6. The molecule has 54 heavy (non-hydrogen) atoms. The molecule has 0 bridgehead atoms. The van der Waals surface area contributed by atoms with Gasteiger partial charge in [0.2, 0.25) is 0 Å². The molecule has 3 saturated heterocycles. The summed E-state index contributed by atoms with van der Waals surface area (Å²) in [5, 5.41) is 1.05. The van der Waals surface area contributed by atoms with Crippen LogP contribution in [0.3, 0.4) is 0 Å². The van der Waals surface area contributed by atoms with Gasteiger partial charge >= 0.3 is 15.8 Å². The summed E-state index contributed by atoms with van der Waals surface area (Å²) in [5.41, 5.74) is 1.73. The van der Waals surface area contributed by atoms with E-state index in [1.807, 2.05) is 13.0 Å². The molecule has 5 heterocycles. The molecule has 1 aromatic heterocycles. The van der Waals surface area contributed by atoms with Crippen LogP contribution in [-0.2, 0) is 32.6 Å². The lowest BCUT2D eigenvalue weighted by Gasteiger charge is -2.47. The maximum Gasteiger partial charge on any atom is 0.341 e. The molecule has 17 heteroatoms. The maximum absolute atomic E-state index is 15.8. The lowest BCUT2D eigenvalue weighted by Crippen LogP contribution is -2.57. The number of nitrogens with one attached hydrogen (secondary N) is 1. The number of fused-ring (bicyclic) bond motifs is 3. The highest BCUT2D eigenvalue weighted by Crippen LogP contribution is 2.40. The average Bonchev–Trinajstić information content (AvgIpc) is 3.12. The van der Waals surface area contributed by atoms with Gasteiger partial charge in [0.25, 0.3) is 11.8 Å². The molecule has 1 atom stereocenters. The van der Waals surface area contributed by atoms with Gasteiger partial charge in [-0.3, -0.25) is 14.5 Å². The third-order valence-electron chi connectivity index (χ3n) is 11.4. The summed E-state index contributed by atoms with van der Waals surface area (Å²) in [5.74, 6) is -2.72. The number of rotatable bonds is 8. The third kappa shape index (κ3) is 6.96. The molecule has 4 aliphatic rings. The van der Waals surface area contributed by atoms with Gasteiger partial charge in [-0.25, -0.2) is 13.9 Å². The quantitative estimate of drug-likeness (QED) is 0.337. The number of amides is 2. The van der Waals surface area contributed by atoms with Crippen molar-refractivity contribution in [3.05, 3.63) is 67.3 Å². The number of piperidine rings is 1. The largest absolute Gasteiger partial charge is 0.422 e. The highest BCUT2D eigenvalue weighted by molar-refractivity contribution is 7.87. The van der Waals surface area contributed by atoms with E-state index in [0.717, 1.165) is 36.8 Å². The van der Waals surface area contributed by atoms with Crippen molar-refractivity contribution in [2.45, 2.75) is 38.8 Å². The van der Waals surface area contributed by atoms with Gasteiger partial charge in [-0.2, -0.15) is 12.7 Å². The fourth-order valence-corrected chi connectivity index (χ4v) is 9.81. The lowest BCUT2D eigenvalue weighted by molar-refractivity contribution is -0.133. The summed E-state index contributed by atoms with van der Waals surface area (Å²) in [6, 6.07) is 4.19. The molecular formula is C37H46ClFN6O8S. The van der Waals surface area contributed by atoms with Gasteiger partial charge in [-0.15, -0.1) is 0 Å². The molecule has 7 rings (SSSR count). The van der Waals surface area contributed by atoms with Gasteiger partial charge in [-0.05, 0) is 57.0 Å². The van der Waals surface area contributed by atoms with E-state index in [-0.39, 0.29) is 66.4 Å². The van der Waals surface area contributed by atoms with Gasteiger partial charge in [0.05, 0.1) is 59.8 Å². The normalized spacial score (nSPS) is 20.5. The molecule has 14 nitrogen and oxygen atoms in total. The van der Waals surface area contributed by atoms with Crippen molar-refractivity contribution in [3.8, 4) is 0 Å². The molecule has 4 aliphatic heterocycles. The topological polar surface area (TPSA) is 145 Å². The lowest BCUT2D eigenvalue weighted by atomic mass is 9.79. The zero-order valence-electron chi connectivity index (χ0n) is 31.2. The number of hydrogen-bond donors (Lipinski definition) is 1. The average molecular weight is 789 g/mol. The Balaban J connectivity index is 1.13. The van der Waals surface area contributed by atoms with Crippen LogP contribution in [0.4, 0.5) is 15.8 Å². The fourth-order valence-electron chi connectivity index (χ4n) is 8.22. The van der Waals surface area contributed by atoms with Gasteiger partial charge in [-0.1, -0.05) is 11.6 Å². The van der Waals surface area contributed by atoms with Crippen LogP contribution in [0, 0.1) is 18.2 Å². The highest BCUT2D eigenvalue weighted by atomic mass is 35.5. The molecule has 0 aliphatic carbocycles. The Bertz CT molecular complexity index is 2180. The zero-order chi connectivity index (χ0) is 38.7. The number of anilines is 2. The molecule has 1 N–H and O–H groups in total. The summed E-state index contributed by atoms with van der Waals surface area (Å²) in [7, 11) is 2.71. The van der Waals surface area contributed by atoms with Gasteiger partial charge in [0, 0.05) is 82.5 Å². The maximum atomic E-state index is 15.8. The number of halogens is 2. The summed E-state index contributed by atoms with van der Waals surface area (Å²) < 4.78 is 62.4. The SMILES string of the molecule is COC[C@H]1CN(c2cc(Cl)c3c4c(c(=O)oc3c2C)CN(C(=O)c2cc(N(C)C)c(C(=O)NS(=O)(=O)N3CCCC5(COC5)C3)cc2F)CC4)CCN1C. The van der Waals surface area contributed by atoms with Crippen molar-refractivity contribution in [2.24, 2.45) is 5.41 Å². The van der Waals surface area contributed by atoms with E-state index in [4.69, 9.17) is 25.5 Å². The van der Waals surface area contributed by atoms with Gasteiger partial charge in [0.15, 0.2) is 0 Å². The fraction of sp³-hybridized carbons (Fsp3) is 0.541. The van der Waals surface area contributed by atoms with Crippen LogP contribution >= 0.6 is 11.6 Å². The first kappa shape index (κ1) is 38.5. The molecule has 2 amide bonds. The summed E-state index contributed by atoms with van der Waals surface area (Å²) >= 11 is 6.94. The Labute approximate surface area is 318 Å². The van der Waals surface area contributed by atoms with Crippen LogP contribution in [0.15, 0.2) is 27.4 Å². The minimum absolute atomic E-state index is 0.139. The first-order valence-electron chi connectivity index (χ1n) is 18.0. The summed E-state index contributed by atoms with van der Waals surface area (Å²) in [6.45, 7) is 6.21. The molecule has 0 unspecified atom stereocenters. The van der Waals surface area contributed by atoms with Gasteiger partial charge in [0.1, 0.15) is 11.4 Å². The number of methoxy groups -OCH3 is 1. The van der Waals surface area contributed by atoms with Crippen molar-refractivity contribution < 1.29 is 36.3 Å². The minimum Gasteiger partial charge on any atom is -0.422 e. The first-order valence-corrected chi connectivity index (χ1v) is 19.9. The predicted octanol–water partition coefficient (Wildman–Crippen LogP) is 3.01. The summed E-state index contributed by atoms with van der Waals surface area (Å²) in [6.07, 6.45) is 1.74. The smallest absolute Gasteiger partial charge is 0.341 e. The molecule has 0 saturated carbocycles. The van der Waals surface area contributed by atoms with Crippen LogP contribution in [-0.4, -0.2) is 128 Å². The molecule has 3 fully saturated rings. The molecule has 292 valence electrons. The molecule has 0 radical (unpaired) electrons. The van der Waals surface area contributed by atoms with Crippen molar-refractivity contribution in [2.75, 3.05) is 97.1 Å². The minimum atomic E-state index is -4.24. The van der Waals surface area contributed by atoms with Crippen LogP contribution in [0.5, 0.6) is 0 Å². The number of aryl methyl sites for hydroxylation is 1. The number of benzene rings is 2. The van der Waals surface area contributed by atoms with E-state index in [1.54, 1.807) is 21.2 Å². The number of hydrogen-bond acceptors (Lipinski definition) is 11. The van der Waals surface area contributed by atoms with E-state index in [1.165, 1.54) is 20.2 Å². The Morgan fingerprint density at radius 1 is 1.11 bits per heavy atom. The highest BCUT2D eigenvalue weighted by Gasteiger charge is 2.45. The monoisotopic (exact) mass is 788 g/mol. The van der Waals surface area contributed by atoms with E-state index in [2.05, 4.69) is 21.6 Å². The third-order valence-corrected chi connectivity index (χ3v) is 13.1. The second-order valence-electron chi connectivity index (χ2n) is 15.2. The van der Waals surface area contributed by atoms with Gasteiger partial charge < -0.3 is 28.6 Å². The van der Waals surface area contributed by atoms with Crippen molar-refractivity contribution >= 4 is 56.0 Å².